The highest BCUT2D eigenvalue weighted by molar-refractivity contribution is 5.87. The van der Waals surface area contributed by atoms with Gasteiger partial charge in [-0.2, -0.15) is 4.80 Å². The van der Waals surface area contributed by atoms with E-state index in [1.165, 1.54) is 4.90 Å². The van der Waals surface area contributed by atoms with Crippen LogP contribution in [-0.4, -0.2) is 55.9 Å². The van der Waals surface area contributed by atoms with Crippen molar-refractivity contribution in [1.29, 1.82) is 0 Å². The predicted molar refractivity (Wildman–Crippen MR) is 85.4 cm³/mol. The van der Waals surface area contributed by atoms with Crippen molar-refractivity contribution in [2.24, 2.45) is 0 Å². The van der Waals surface area contributed by atoms with Crippen LogP contribution in [0, 0.1) is 0 Å². The highest BCUT2D eigenvalue weighted by atomic mass is 16.2. The molecule has 1 aromatic carbocycles. The van der Waals surface area contributed by atoms with Crippen molar-refractivity contribution in [3.63, 3.8) is 0 Å². The van der Waals surface area contributed by atoms with Gasteiger partial charge in [0, 0.05) is 18.5 Å². The largest absolute Gasteiger partial charge is 0.333 e. The van der Waals surface area contributed by atoms with E-state index >= 15 is 0 Å². The lowest BCUT2D eigenvalue weighted by Crippen LogP contribution is -2.47. The van der Waals surface area contributed by atoms with Crippen molar-refractivity contribution in [1.82, 2.24) is 36.0 Å². The lowest BCUT2D eigenvalue weighted by atomic mass is 10.2. The van der Waals surface area contributed by atoms with Crippen LogP contribution in [0.1, 0.15) is 12.8 Å². The zero-order valence-electron chi connectivity index (χ0n) is 13.4. The monoisotopic (exact) mass is 343 g/mol. The van der Waals surface area contributed by atoms with Gasteiger partial charge in [0.2, 0.25) is 11.7 Å². The van der Waals surface area contributed by atoms with Crippen molar-refractivity contribution >= 4 is 17.7 Å². The van der Waals surface area contributed by atoms with Crippen molar-refractivity contribution in [2.75, 3.05) is 13.1 Å². The molecular weight excluding hydrogens is 326 g/mol. The van der Waals surface area contributed by atoms with E-state index in [0.29, 0.717) is 18.8 Å². The zero-order chi connectivity index (χ0) is 17.6. The number of hydrazine groups is 1. The molecule has 0 spiro atoms. The van der Waals surface area contributed by atoms with Crippen LogP contribution in [0.4, 0.5) is 0 Å². The fraction of sp³-hybridized carbons (Fsp3) is 0.333. The summed E-state index contributed by atoms with van der Waals surface area (Å²) in [6.07, 6.45) is 1.21. The fourth-order valence-electron chi connectivity index (χ4n) is 2.40. The number of tetrazole rings is 1. The molecule has 0 radical (unpaired) electrons. The maximum Gasteiger partial charge on any atom is 0.262 e. The van der Waals surface area contributed by atoms with Gasteiger partial charge in [0.25, 0.3) is 11.8 Å². The van der Waals surface area contributed by atoms with Gasteiger partial charge in [-0.05, 0) is 11.6 Å². The van der Waals surface area contributed by atoms with Gasteiger partial charge in [-0.3, -0.25) is 25.2 Å². The molecule has 2 heterocycles. The summed E-state index contributed by atoms with van der Waals surface area (Å²) in [5.41, 5.74) is 5.32. The SMILES string of the molecule is O=C(CN1CCCC1=O)NNC(=O)Cn1nnc(-c2ccccc2)n1. The molecule has 3 amide bonds. The Hall–Kier alpha value is -3.30. The summed E-state index contributed by atoms with van der Waals surface area (Å²) in [4.78, 5) is 37.6. The molecule has 1 fully saturated rings. The summed E-state index contributed by atoms with van der Waals surface area (Å²) in [5.74, 6) is -0.607. The van der Waals surface area contributed by atoms with Gasteiger partial charge < -0.3 is 4.90 Å². The van der Waals surface area contributed by atoms with Crippen molar-refractivity contribution in [2.45, 2.75) is 19.4 Å². The minimum Gasteiger partial charge on any atom is -0.333 e. The second-order valence-corrected chi connectivity index (χ2v) is 5.52. The van der Waals surface area contributed by atoms with Crippen LogP contribution in [0.5, 0.6) is 0 Å². The van der Waals surface area contributed by atoms with E-state index in [1.54, 1.807) is 0 Å². The van der Waals surface area contributed by atoms with E-state index in [1.807, 2.05) is 30.3 Å². The third-order valence-corrected chi connectivity index (χ3v) is 3.62. The maximum atomic E-state index is 11.8. The molecule has 2 aromatic rings. The third-order valence-electron chi connectivity index (χ3n) is 3.62. The first-order valence-corrected chi connectivity index (χ1v) is 7.80. The van der Waals surface area contributed by atoms with E-state index in [4.69, 9.17) is 0 Å². The molecule has 10 nitrogen and oxygen atoms in total. The summed E-state index contributed by atoms with van der Waals surface area (Å²) < 4.78 is 0. The van der Waals surface area contributed by atoms with Crippen molar-refractivity contribution in [3.05, 3.63) is 30.3 Å². The third kappa shape index (κ3) is 4.37. The molecule has 0 atom stereocenters. The Bertz CT molecular complexity index is 774. The van der Waals surface area contributed by atoms with Crippen LogP contribution in [0.2, 0.25) is 0 Å². The Morgan fingerprint density at radius 3 is 2.48 bits per heavy atom. The smallest absolute Gasteiger partial charge is 0.262 e. The number of likely N-dealkylation sites (tertiary alicyclic amines) is 1. The first-order chi connectivity index (χ1) is 12.1. The average Bonchev–Trinajstić information content (AvgIpc) is 3.23. The molecule has 0 unspecified atom stereocenters. The first kappa shape index (κ1) is 16.6. The molecule has 0 bridgehead atoms. The summed E-state index contributed by atoms with van der Waals surface area (Å²) >= 11 is 0. The molecule has 1 saturated heterocycles. The van der Waals surface area contributed by atoms with Gasteiger partial charge in [0.1, 0.15) is 13.1 Å². The minimum atomic E-state index is -0.502. The van der Waals surface area contributed by atoms with E-state index in [9.17, 15) is 14.4 Å². The van der Waals surface area contributed by atoms with Crippen LogP contribution in [0.15, 0.2) is 30.3 Å². The Morgan fingerprint density at radius 1 is 1.08 bits per heavy atom. The van der Waals surface area contributed by atoms with Gasteiger partial charge in [0.05, 0.1) is 0 Å². The lowest BCUT2D eigenvalue weighted by Gasteiger charge is -2.15. The maximum absolute atomic E-state index is 11.8. The number of nitrogens with one attached hydrogen (secondary N) is 2. The second kappa shape index (κ2) is 7.51. The normalized spacial score (nSPS) is 13.8. The van der Waals surface area contributed by atoms with Crippen LogP contribution < -0.4 is 10.9 Å². The van der Waals surface area contributed by atoms with Gasteiger partial charge in [-0.15, -0.1) is 10.2 Å². The number of hydrogen-bond donors (Lipinski definition) is 2. The molecule has 0 aliphatic carbocycles. The highest BCUT2D eigenvalue weighted by Crippen LogP contribution is 2.11. The topological polar surface area (TPSA) is 122 Å². The lowest BCUT2D eigenvalue weighted by molar-refractivity contribution is -0.134. The van der Waals surface area contributed by atoms with Gasteiger partial charge in [0.15, 0.2) is 0 Å². The number of benzene rings is 1. The first-order valence-electron chi connectivity index (χ1n) is 7.80. The molecule has 1 aliphatic heterocycles. The summed E-state index contributed by atoms with van der Waals surface area (Å²) in [6.45, 7) is 0.299. The average molecular weight is 343 g/mol. The Labute approximate surface area is 143 Å². The molecule has 130 valence electrons. The van der Waals surface area contributed by atoms with Crippen LogP contribution in [0.3, 0.4) is 0 Å². The number of nitrogens with zero attached hydrogens (tertiary/aromatic N) is 5. The molecule has 2 N–H and O–H groups in total. The number of carbonyl (C=O) groups is 3. The van der Waals surface area contributed by atoms with Crippen LogP contribution >= 0.6 is 0 Å². The van der Waals surface area contributed by atoms with Crippen LogP contribution in [0.25, 0.3) is 11.4 Å². The Balaban J connectivity index is 1.46. The predicted octanol–water partition coefficient (Wildman–Crippen LogP) is -0.890. The Kier molecular flexibility index (Phi) is 4.97. The van der Waals surface area contributed by atoms with Crippen molar-refractivity contribution < 1.29 is 14.4 Å². The summed E-state index contributed by atoms with van der Waals surface area (Å²) in [5, 5.41) is 11.8. The minimum absolute atomic E-state index is 0.0540. The molecule has 25 heavy (non-hydrogen) atoms. The molecule has 10 heteroatoms. The van der Waals surface area contributed by atoms with E-state index in [2.05, 4.69) is 26.3 Å². The van der Waals surface area contributed by atoms with Gasteiger partial charge in [-0.1, -0.05) is 30.3 Å². The van der Waals surface area contributed by atoms with E-state index in [0.717, 1.165) is 16.8 Å². The van der Waals surface area contributed by atoms with Crippen molar-refractivity contribution in [3.8, 4) is 11.4 Å². The van der Waals surface area contributed by atoms with E-state index in [-0.39, 0.29) is 19.0 Å². The summed E-state index contributed by atoms with van der Waals surface area (Å²) in [7, 11) is 0. The molecule has 1 aromatic heterocycles. The number of aromatic nitrogens is 4. The highest BCUT2D eigenvalue weighted by Gasteiger charge is 2.22. The number of amides is 3. The van der Waals surface area contributed by atoms with E-state index < -0.39 is 11.8 Å². The fourth-order valence-corrected chi connectivity index (χ4v) is 2.40. The Morgan fingerprint density at radius 2 is 1.80 bits per heavy atom. The molecular formula is C15H17N7O3. The quantitative estimate of drug-likeness (QED) is 0.679. The molecule has 1 aliphatic rings. The van der Waals surface area contributed by atoms with Crippen LogP contribution in [-0.2, 0) is 20.9 Å². The van der Waals surface area contributed by atoms with Gasteiger partial charge >= 0.3 is 0 Å². The number of hydrogen-bond acceptors (Lipinski definition) is 6. The molecule has 0 saturated carbocycles. The zero-order valence-corrected chi connectivity index (χ0v) is 13.4. The van der Waals surface area contributed by atoms with Gasteiger partial charge in [-0.25, -0.2) is 0 Å². The second-order valence-electron chi connectivity index (χ2n) is 5.52. The summed E-state index contributed by atoms with van der Waals surface area (Å²) in [6, 6.07) is 9.25. The standard InChI is InChI=1S/C15H17N7O3/c23-12(9-21-8-4-7-14(21)25)16-17-13(24)10-22-19-15(18-20-22)11-5-2-1-3-6-11/h1-3,5-6H,4,7-10H2,(H,16,23)(H,17,24). The number of rotatable bonds is 5. The molecule has 3 rings (SSSR count). The number of carbonyl (C=O) groups excluding carboxylic acids is 3.